The summed E-state index contributed by atoms with van der Waals surface area (Å²) >= 11 is 0. The third-order valence-corrected chi connectivity index (χ3v) is 3.30. The van der Waals surface area contributed by atoms with Crippen molar-refractivity contribution in [1.82, 2.24) is 4.98 Å². The van der Waals surface area contributed by atoms with Crippen LogP contribution in [-0.4, -0.2) is 4.98 Å². The number of allylic oxidation sites excluding steroid dienone is 2. The van der Waals surface area contributed by atoms with Crippen LogP contribution < -0.4 is 5.32 Å². The van der Waals surface area contributed by atoms with Crippen LogP contribution in [0.25, 0.3) is 22.6 Å². The molecule has 6 nitrogen and oxygen atoms in total. The Morgan fingerprint density at radius 3 is 2.33 bits per heavy atom. The van der Waals surface area contributed by atoms with Gasteiger partial charge in [-0.25, -0.2) is 4.98 Å². The topological polar surface area (TPSA) is 109 Å². The van der Waals surface area contributed by atoms with Gasteiger partial charge in [-0.1, -0.05) is 24.3 Å². The third kappa shape index (κ3) is 2.66. The first-order valence-electron chi connectivity index (χ1n) is 6.93. The van der Waals surface area contributed by atoms with Crippen molar-refractivity contribution in [2.24, 2.45) is 0 Å². The number of benzene rings is 2. The summed E-state index contributed by atoms with van der Waals surface area (Å²) in [7, 11) is 0. The molecule has 2 aromatic carbocycles. The second-order valence-corrected chi connectivity index (χ2v) is 4.74. The number of nitrogens with one attached hydrogen (secondary N) is 1. The second kappa shape index (κ2) is 6.36. The van der Waals surface area contributed by atoms with Crippen molar-refractivity contribution in [1.29, 1.82) is 15.8 Å². The number of nitrogens with zero attached hydrogens (tertiary/aromatic N) is 4. The molecule has 0 atom stereocenters. The van der Waals surface area contributed by atoms with E-state index in [2.05, 4.69) is 10.3 Å². The molecule has 1 N–H and O–H groups in total. The molecular formula is C18H9N5O. The predicted octanol–water partition coefficient (Wildman–Crippen LogP) is 3.73. The molecule has 0 aliphatic rings. The van der Waals surface area contributed by atoms with Gasteiger partial charge in [0.15, 0.2) is 11.2 Å². The van der Waals surface area contributed by atoms with E-state index in [0.29, 0.717) is 28.2 Å². The van der Waals surface area contributed by atoms with Gasteiger partial charge in [0.2, 0.25) is 5.89 Å². The first-order valence-corrected chi connectivity index (χ1v) is 6.93. The van der Waals surface area contributed by atoms with Crippen molar-refractivity contribution in [2.75, 3.05) is 5.32 Å². The van der Waals surface area contributed by atoms with Crippen molar-refractivity contribution < 1.29 is 4.42 Å². The van der Waals surface area contributed by atoms with Crippen LogP contribution in [0.3, 0.4) is 0 Å². The van der Waals surface area contributed by atoms with Gasteiger partial charge < -0.3 is 9.73 Å². The zero-order valence-electron chi connectivity index (χ0n) is 12.3. The summed E-state index contributed by atoms with van der Waals surface area (Å²) < 4.78 is 5.74. The molecule has 0 spiro atoms. The van der Waals surface area contributed by atoms with Crippen molar-refractivity contribution >= 4 is 16.8 Å². The van der Waals surface area contributed by atoms with Gasteiger partial charge in [-0.2, -0.15) is 15.8 Å². The largest absolute Gasteiger partial charge is 0.436 e. The van der Waals surface area contributed by atoms with Gasteiger partial charge in [-0.05, 0) is 24.3 Å². The second-order valence-electron chi connectivity index (χ2n) is 4.74. The van der Waals surface area contributed by atoms with Crippen LogP contribution in [0.1, 0.15) is 0 Å². The van der Waals surface area contributed by atoms with Crippen LogP contribution in [0, 0.1) is 34.0 Å². The van der Waals surface area contributed by atoms with E-state index < -0.39 is 0 Å². The fraction of sp³-hybridized carbons (Fsp3) is 0. The van der Waals surface area contributed by atoms with Crippen molar-refractivity contribution in [3.63, 3.8) is 0 Å². The molecule has 0 unspecified atom stereocenters. The van der Waals surface area contributed by atoms with Gasteiger partial charge in [-0.15, -0.1) is 0 Å². The van der Waals surface area contributed by atoms with Crippen molar-refractivity contribution in [3.8, 4) is 29.7 Å². The highest BCUT2D eigenvalue weighted by atomic mass is 16.3. The third-order valence-electron chi connectivity index (χ3n) is 3.30. The van der Waals surface area contributed by atoms with Crippen LogP contribution in [-0.2, 0) is 0 Å². The monoisotopic (exact) mass is 311 g/mol. The van der Waals surface area contributed by atoms with Gasteiger partial charge in [0.1, 0.15) is 29.4 Å². The molecular weight excluding hydrogens is 302 g/mol. The maximum atomic E-state index is 9.18. The van der Waals surface area contributed by atoms with Crippen molar-refractivity contribution in [2.45, 2.75) is 0 Å². The zero-order valence-corrected chi connectivity index (χ0v) is 12.3. The fourth-order valence-corrected chi connectivity index (χ4v) is 2.18. The number of rotatable bonds is 3. The van der Waals surface area contributed by atoms with Gasteiger partial charge >= 0.3 is 0 Å². The molecule has 0 saturated carbocycles. The van der Waals surface area contributed by atoms with Gasteiger partial charge in [0.05, 0.1) is 11.3 Å². The average molecular weight is 311 g/mol. The van der Waals surface area contributed by atoms with Crippen molar-refractivity contribution in [3.05, 3.63) is 59.8 Å². The molecule has 0 radical (unpaired) electrons. The zero-order chi connectivity index (χ0) is 16.9. The van der Waals surface area contributed by atoms with Gasteiger partial charge in [0, 0.05) is 0 Å². The molecule has 0 amide bonds. The molecule has 0 aliphatic heterocycles. The smallest absolute Gasteiger partial charge is 0.229 e. The lowest BCUT2D eigenvalue weighted by Crippen LogP contribution is -2.02. The Morgan fingerprint density at radius 2 is 1.62 bits per heavy atom. The molecule has 1 heterocycles. The highest BCUT2D eigenvalue weighted by Gasteiger charge is 2.14. The molecule has 3 aromatic rings. The summed E-state index contributed by atoms with van der Waals surface area (Å²) in [6, 6.07) is 19.7. The van der Waals surface area contributed by atoms with Gasteiger partial charge in [0.25, 0.3) is 0 Å². The quantitative estimate of drug-likeness (QED) is 0.738. The summed E-state index contributed by atoms with van der Waals surface area (Å²) in [6.07, 6.45) is 0. The molecule has 0 fully saturated rings. The Bertz CT molecular complexity index is 1020. The van der Waals surface area contributed by atoms with E-state index >= 15 is 0 Å². The van der Waals surface area contributed by atoms with E-state index in [0.717, 1.165) is 0 Å². The molecule has 1 aromatic heterocycles. The van der Waals surface area contributed by atoms with Crippen LogP contribution in [0.5, 0.6) is 0 Å². The standard InChI is InChI=1S/C18H9N5O/c19-9-12(10-20)16(11-21)22-14-6-2-1-5-13(14)18-23-15-7-3-4-8-17(15)24-18/h1-8,22H. The first-order chi connectivity index (χ1) is 11.8. The minimum absolute atomic E-state index is 0.122. The number of oxazole rings is 1. The normalized spacial score (nSPS) is 9.54. The number of nitriles is 3. The van der Waals surface area contributed by atoms with E-state index in [1.165, 1.54) is 0 Å². The minimum atomic E-state index is -0.287. The van der Waals surface area contributed by atoms with Crippen LogP contribution in [0.4, 0.5) is 5.69 Å². The number of hydrogen-bond acceptors (Lipinski definition) is 6. The highest BCUT2D eigenvalue weighted by Crippen LogP contribution is 2.30. The maximum Gasteiger partial charge on any atom is 0.229 e. The highest BCUT2D eigenvalue weighted by molar-refractivity contribution is 5.81. The number of anilines is 1. The summed E-state index contributed by atoms with van der Waals surface area (Å²) in [6.45, 7) is 0. The average Bonchev–Trinajstić information content (AvgIpc) is 3.06. The van der Waals surface area contributed by atoms with E-state index in [9.17, 15) is 5.26 Å². The van der Waals surface area contributed by atoms with E-state index in [4.69, 9.17) is 14.9 Å². The Morgan fingerprint density at radius 1 is 0.917 bits per heavy atom. The lowest BCUT2D eigenvalue weighted by Gasteiger charge is -2.08. The molecule has 3 rings (SSSR count). The number of para-hydroxylation sites is 3. The molecule has 0 aliphatic carbocycles. The Balaban J connectivity index is 2.09. The number of fused-ring (bicyclic) bond motifs is 1. The molecule has 0 bridgehead atoms. The maximum absolute atomic E-state index is 9.18. The molecule has 112 valence electrons. The Labute approximate surface area is 137 Å². The summed E-state index contributed by atoms with van der Waals surface area (Å²) in [4.78, 5) is 4.43. The molecule has 24 heavy (non-hydrogen) atoms. The summed E-state index contributed by atoms with van der Waals surface area (Å²) in [5, 5.41) is 29.9. The number of aromatic nitrogens is 1. The predicted molar refractivity (Wildman–Crippen MR) is 86.9 cm³/mol. The van der Waals surface area contributed by atoms with Crippen LogP contribution in [0.2, 0.25) is 0 Å². The number of hydrogen-bond donors (Lipinski definition) is 1. The van der Waals surface area contributed by atoms with Gasteiger partial charge in [-0.3, -0.25) is 0 Å². The van der Waals surface area contributed by atoms with E-state index in [1.54, 1.807) is 36.4 Å². The fourth-order valence-electron chi connectivity index (χ4n) is 2.18. The molecule has 6 heteroatoms. The Hall–Kier alpha value is -4.08. The minimum Gasteiger partial charge on any atom is -0.436 e. The van der Waals surface area contributed by atoms with E-state index in [1.807, 2.05) is 30.3 Å². The summed E-state index contributed by atoms with van der Waals surface area (Å²) in [5.74, 6) is 0.382. The SMILES string of the molecule is N#CC(C#N)=C(C#N)Nc1ccccc1-c1nc2ccccc2o1. The lowest BCUT2D eigenvalue weighted by atomic mass is 10.1. The first kappa shape index (κ1) is 14.8. The molecule has 0 saturated heterocycles. The summed E-state index contributed by atoms with van der Waals surface area (Å²) in [5.41, 5.74) is 2.09. The van der Waals surface area contributed by atoms with Crippen LogP contribution in [0.15, 0.2) is 64.2 Å². The lowest BCUT2D eigenvalue weighted by molar-refractivity contribution is 0.620. The van der Waals surface area contributed by atoms with Crippen LogP contribution >= 0.6 is 0 Å². The Kier molecular flexibility index (Phi) is 3.93. The van der Waals surface area contributed by atoms with E-state index in [-0.39, 0.29) is 11.3 Å².